The van der Waals surface area contributed by atoms with E-state index < -0.39 is 5.41 Å². The van der Waals surface area contributed by atoms with E-state index >= 15 is 0 Å². The van der Waals surface area contributed by atoms with Gasteiger partial charge < -0.3 is 5.32 Å². The van der Waals surface area contributed by atoms with Gasteiger partial charge in [-0.3, -0.25) is 14.6 Å². The Kier molecular flexibility index (Phi) is 5.75. The number of ketones is 1. The van der Waals surface area contributed by atoms with Gasteiger partial charge in [-0.05, 0) is 50.6 Å². The summed E-state index contributed by atoms with van der Waals surface area (Å²) in [5.74, 6) is -0.440. The minimum absolute atomic E-state index is 0.0600. The molecule has 4 aromatic heterocycles. The number of hydrogen-bond donors (Lipinski definition) is 1. The zero-order chi connectivity index (χ0) is 27.3. The van der Waals surface area contributed by atoms with Crippen LogP contribution in [0.4, 0.5) is 10.2 Å². The second-order valence-electron chi connectivity index (χ2n) is 10.1. The van der Waals surface area contributed by atoms with E-state index in [0.717, 1.165) is 11.3 Å². The van der Waals surface area contributed by atoms with E-state index in [2.05, 4.69) is 20.3 Å². The van der Waals surface area contributed by atoms with E-state index in [9.17, 15) is 14.0 Å². The summed E-state index contributed by atoms with van der Waals surface area (Å²) in [6.45, 7) is 5.49. The summed E-state index contributed by atoms with van der Waals surface area (Å²) in [4.78, 5) is 44.6. The van der Waals surface area contributed by atoms with Gasteiger partial charge in [-0.2, -0.15) is 5.10 Å². The van der Waals surface area contributed by atoms with E-state index in [1.165, 1.54) is 6.07 Å². The molecule has 0 aliphatic carbocycles. The monoisotopic (exact) mass is 521 g/mol. The second kappa shape index (κ2) is 9.16. The number of benzene rings is 1. The first-order valence-electron chi connectivity index (χ1n) is 12.5. The van der Waals surface area contributed by atoms with E-state index in [4.69, 9.17) is 10.1 Å². The topological polar surface area (TPSA) is 116 Å². The number of hydrogen-bond acceptors (Lipinski definition) is 7. The molecule has 1 aliphatic rings. The lowest BCUT2D eigenvalue weighted by Crippen LogP contribution is -2.29. The summed E-state index contributed by atoms with van der Waals surface area (Å²) in [5, 5.41) is 8.15. The molecule has 0 fully saturated rings. The molecular weight excluding hydrogens is 497 g/mol. The maximum Gasteiger partial charge on any atom is 0.235 e. The molecule has 1 amide bonds. The lowest BCUT2D eigenvalue weighted by Gasteiger charge is -2.17. The molecule has 194 valence electrons. The summed E-state index contributed by atoms with van der Waals surface area (Å²) in [5.41, 5.74) is 2.53. The van der Waals surface area contributed by atoms with Crippen molar-refractivity contribution in [3.63, 3.8) is 0 Å². The SMILES string of the molecule is Cc1ccc(CC(=O)c2nc(-c3nn(Cc4ccccc4F)c4ncccc34)nc3c2C(C)(C)C(=O)N3)cn1. The second-order valence-corrected chi connectivity index (χ2v) is 10.1. The minimum Gasteiger partial charge on any atom is -0.310 e. The summed E-state index contributed by atoms with van der Waals surface area (Å²) in [6.07, 6.45) is 3.35. The van der Waals surface area contributed by atoms with Crippen molar-refractivity contribution in [2.24, 2.45) is 0 Å². The van der Waals surface area contributed by atoms with Gasteiger partial charge in [-0.25, -0.2) is 24.0 Å². The molecule has 0 radical (unpaired) electrons. The number of aromatic nitrogens is 6. The Morgan fingerprint density at radius 1 is 1.05 bits per heavy atom. The maximum atomic E-state index is 14.4. The van der Waals surface area contributed by atoms with Crippen LogP contribution in [-0.4, -0.2) is 41.4 Å². The van der Waals surface area contributed by atoms with Crippen molar-refractivity contribution >= 4 is 28.5 Å². The number of aryl methyl sites for hydroxylation is 1. The fraction of sp³-hybridized carbons (Fsp3) is 0.207. The van der Waals surface area contributed by atoms with Gasteiger partial charge in [-0.1, -0.05) is 24.3 Å². The molecule has 0 saturated heterocycles. The summed E-state index contributed by atoms with van der Waals surface area (Å²) < 4.78 is 16.0. The van der Waals surface area contributed by atoms with Crippen LogP contribution in [0.5, 0.6) is 0 Å². The third-order valence-electron chi connectivity index (χ3n) is 6.93. The fourth-order valence-corrected chi connectivity index (χ4v) is 4.77. The molecule has 0 unspecified atom stereocenters. The van der Waals surface area contributed by atoms with Crippen LogP contribution in [-0.2, 0) is 23.2 Å². The van der Waals surface area contributed by atoms with Gasteiger partial charge in [0.2, 0.25) is 5.91 Å². The average Bonchev–Trinajstić information content (AvgIpc) is 3.40. The average molecular weight is 522 g/mol. The third-order valence-corrected chi connectivity index (χ3v) is 6.93. The molecule has 0 atom stereocenters. The predicted molar refractivity (Wildman–Crippen MR) is 143 cm³/mol. The normalized spacial score (nSPS) is 13.9. The summed E-state index contributed by atoms with van der Waals surface area (Å²) in [6, 6.07) is 13.7. The first-order chi connectivity index (χ1) is 18.7. The van der Waals surface area contributed by atoms with Gasteiger partial charge in [0.25, 0.3) is 0 Å². The van der Waals surface area contributed by atoms with Crippen molar-refractivity contribution in [1.82, 2.24) is 29.7 Å². The number of anilines is 1. The van der Waals surface area contributed by atoms with Crippen LogP contribution in [0, 0.1) is 12.7 Å². The summed E-state index contributed by atoms with van der Waals surface area (Å²) in [7, 11) is 0. The molecule has 1 N–H and O–H groups in total. The Morgan fingerprint density at radius 2 is 1.87 bits per heavy atom. The van der Waals surface area contributed by atoms with Crippen LogP contribution in [0.1, 0.15) is 46.7 Å². The van der Waals surface area contributed by atoms with Gasteiger partial charge in [0, 0.05) is 35.6 Å². The Morgan fingerprint density at radius 3 is 2.64 bits per heavy atom. The van der Waals surface area contributed by atoms with Crippen molar-refractivity contribution in [1.29, 1.82) is 0 Å². The van der Waals surface area contributed by atoms with Crippen molar-refractivity contribution in [3.05, 3.63) is 94.8 Å². The first-order valence-corrected chi connectivity index (χ1v) is 12.5. The molecule has 39 heavy (non-hydrogen) atoms. The highest BCUT2D eigenvalue weighted by molar-refractivity contribution is 6.10. The lowest BCUT2D eigenvalue weighted by molar-refractivity contribution is -0.119. The van der Waals surface area contributed by atoms with E-state index in [0.29, 0.717) is 27.9 Å². The third kappa shape index (κ3) is 4.23. The standard InChI is InChI=1S/C29H24FN7O2/c1-16-10-11-17(14-32-16)13-21(38)24-22-25(35-28(39)29(22,2)3)34-26(33-24)23-19-8-6-12-31-27(19)37(36-23)15-18-7-4-5-9-20(18)30/h4-12,14H,13,15H2,1-3H3,(H,33,34,35,39). The first kappa shape index (κ1) is 24.5. The van der Waals surface area contributed by atoms with Gasteiger partial charge in [0.05, 0.1) is 17.3 Å². The van der Waals surface area contributed by atoms with Gasteiger partial charge >= 0.3 is 0 Å². The van der Waals surface area contributed by atoms with E-state index in [1.807, 2.05) is 25.1 Å². The quantitative estimate of drug-likeness (QED) is 0.329. The molecule has 9 nitrogen and oxygen atoms in total. The molecule has 5 aromatic rings. The van der Waals surface area contributed by atoms with Gasteiger partial charge in [0.1, 0.15) is 23.0 Å². The number of carbonyl (C=O) groups excluding carboxylic acids is 2. The maximum absolute atomic E-state index is 14.4. The Labute approximate surface area is 223 Å². The lowest BCUT2D eigenvalue weighted by atomic mass is 9.84. The Bertz CT molecular complexity index is 1780. The predicted octanol–water partition coefficient (Wildman–Crippen LogP) is 4.43. The molecule has 1 aromatic carbocycles. The van der Waals surface area contributed by atoms with Crippen LogP contribution in [0.25, 0.3) is 22.6 Å². The number of nitrogens with one attached hydrogen (secondary N) is 1. The Balaban J connectivity index is 1.49. The van der Waals surface area contributed by atoms with Crippen molar-refractivity contribution in [3.8, 4) is 11.5 Å². The van der Waals surface area contributed by atoms with Gasteiger partial charge in [0.15, 0.2) is 17.3 Å². The minimum atomic E-state index is -1.00. The molecule has 0 saturated carbocycles. The van der Waals surface area contributed by atoms with Crippen LogP contribution < -0.4 is 5.32 Å². The van der Waals surface area contributed by atoms with Crippen molar-refractivity contribution in [2.45, 2.75) is 39.2 Å². The molecule has 6 rings (SSSR count). The van der Waals surface area contributed by atoms with Crippen LogP contribution in [0.15, 0.2) is 60.9 Å². The van der Waals surface area contributed by atoms with Crippen LogP contribution >= 0.6 is 0 Å². The molecule has 0 bridgehead atoms. The number of halogens is 1. The number of fused-ring (bicyclic) bond motifs is 2. The number of pyridine rings is 2. The Hall–Kier alpha value is -4.86. The number of amides is 1. The molecule has 10 heteroatoms. The fourth-order valence-electron chi connectivity index (χ4n) is 4.77. The molecular formula is C29H24FN7O2. The van der Waals surface area contributed by atoms with E-state index in [-0.39, 0.29) is 47.8 Å². The summed E-state index contributed by atoms with van der Waals surface area (Å²) >= 11 is 0. The number of rotatable bonds is 6. The zero-order valence-electron chi connectivity index (χ0n) is 21.6. The highest BCUT2D eigenvalue weighted by Crippen LogP contribution is 2.40. The highest BCUT2D eigenvalue weighted by Gasteiger charge is 2.44. The van der Waals surface area contributed by atoms with Gasteiger partial charge in [-0.15, -0.1) is 0 Å². The van der Waals surface area contributed by atoms with Crippen molar-refractivity contribution < 1.29 is 14.0 Å². The van der Waals surface area contributed by atoms with Crippen molar-refractivity contribution in [2.75, 3.05) is 5.32 Å². The number of carbonyl (C=O) groups is 2. The molecule has 5 heterocycles. The molecule has 1 aliphatic heterocycles. The molecule has 0 spiro atoms. The zero-order valence-corrected chi connectivity index (χ0v) is 21.6. The van der Waals surface area contributed by atoms with E-state index in [1.54, 1.807) is 55.2 Å². The smallest absolute Gasteiger partial charge is 0.235 e. The number of Topliss-reactive ketones (excluding diaryl/α,β-unsaturated/α-hetero) is 1. The largest absolute Gasteiger partial charge is 0.310 e. The van der Waals surface area contributed by atoms with Crippen LogP contribution in [0.2, 0.25) is 0 Å². The number of nitrogens with zero attached hydrogens (tertiary/aromatic N) is 6. The van der Waals surface area contributed by atoms with Crippen LogP contribution in [0.3, 0.4) is 0 Å². The highest BCUT2D eigenvalue weighted by atomic mass is 19.1.